The topological polar surface area (TPSA) is 75.3 Å². The van der Waals surface area contributed by atoms with Gasteiger partial charge in [0.25, 0.3) is 5.91 Å². The summed E-state index contributed by atoms with van der Waals surface area (Å²) in [6, 6.07) is 6.29. The van der Waals surface area contributed by atoms with E-state index in [4.69, 9.17) is 18.0 Å². The van der Waals surface area contributed by atoms with Crippen LogP contribution in [0.1, 0.15) is 49.4 Å². The quantitative estimate of drug-likeness (QED) is 0.748. The highest BCUT2D eigenvalue weighted by Crippen LogP contribution is 2.34. The number of hydrogen-bond acceptors (Lipinski definition) is 3. The van der Waals surface area contributed by atoms with Crippen LogP contribution in [0.15, 0.2) is 24.3 Å². The third-order valence-electron chi connectivity index (χ3n) is 4.47. The third kappa shape index (κ3) is 3.53. The first-order valence-corrected chi connectivity index (χ1v) is 7.79. The van der Waals surface area contributed by atoms with E-state index in [1.165, 1.54) is 12.1 Å². The fourth-order valence-electron chi connectivity index (χ4n) is 2.95. The molecule has 5 heteroatoms. The highest BCUT2D eigenvalue weighted by molar-refractivity contribution is 7.80. The first-order chi connectivity index (χ1) is 9.97. The fraction of sp³-hybridized carbons (Fsp3) is 0.500. The van der Waals surface area contributed by atoms with E-state index in [-0.39, 0.29) is 11.7 Å². The Kier molecular flexibility index (Phi) is 4.83. The number of phenolic OH excluding ortho intramolecular Hbond substituents is 1. The van der Waals surface area contributed by atoms with Crippen molar-refractivity contribution in [3.05, 3.63) is 29.8 Å². The molecule has 2 rings (SSSR count). The normalized spacial score (nSPS) is 25.3. The highest BCUT2D eigenvalue weighted by Gasteiger charge is 2.39. The van der Waals surface area contributed by atoms with E-state index in [0.29, 0.717) is 16.5 Å². The van der Waals surface area contributed by atoms with Crippen LogP contribution >= 0.6 is 12.2 Å². The summed E-state index contributed by atoms with van der Waals surface area (Å²) in [7, 11) is 0. The molecular weight excluding hydrogens is 284 g/mol. The Morgan fingerprint density at radius 1 is 1.48 bits per heavy atom. The van der Waals surface area contributed by atoms with E-state index in [1.54, 1.807) is 12.1 Å². The second kappa shape index (κ2) is 6.43. The lowest BCUT2D eigenvalue weighted by Crippen LogP contribution is -2.58. The third-order valence-corrected chi connectivity index (χ3v) is 4.86. The van der Waals surface area contributed by atoms with E-state index in [2.05, 4.69) is 12.2 Å². The van der Waals surface area contributed by atoms with Crippen molar-refractivity contribution in [1.82, 2.24) is 5.32 Å². The number of amides is 1. The van der Waals surface area contributed by atoms with Crippen molar-refractivity contribution in [2.24, 2.45) is 11.7 Å². The molecule has 0 bridgehead atoms. The van der Waals surface area contributed by atoms with Crippen molar-refractivity contribution in [3.8, 4) is 5.75 Å². The number of rotatable bonds is 4. The summed E-state index contributed by atoms with van der Waals surface area (Å²) in [5.41, 5.74) is 5.74. The molecule has 1 aliphatic carbocycles. The molecule has 114 valence electrons. The highest BCUT2D eigenvalue weighted by atomic mass is 32.1. The van der Waals surface area contributed by atoms with E-state index < -0.39 is 5.54 Å². The number of thiocarbonyl (C=S) groups is 1. The van der Waals surface area contributed by atoms with Gasteiger partial charge in [-0.15, -0.1) is 0 Å². The number of carbonyl (C=O) groups is 1. The average molecular weight is 306 g/mol. The number of benzene rings is 1. The number of nitrogens with two attached hydrogens (primary N) is 1. The van der Waals surface area contributed by atoms with Crippen LogP contribution in [0.5, 0.6) is 5.75 Å². The van der Waals surface area contributed by atoms with Gasteiger partial charge < -0.3 is 16.2 Å². The van der Waals surface area contributed by atoms with Gasteiger partial charge in [-0.2, -0.15) is 0 Å². The molecule has 0 atom stereocenters. The van der Waals surface area contributed by atoms with Gasteiger partial charge in [0, 0.05) is 5.56 Å². The monoisotopic (exact) mass is 306 g/mol. The van der Waals surface area contributed by atoms with Crippen LogP contribution in [0.25, 0.3) is 0 Å². The zero-order valence-corrected chi connectivity index (χ0v) is 13.1. The van der Waals surface area contributed by atoms with Crippen molar-refractivity contribution in [2.45, 2.75) is 44.6 Å². The van der Waals surface area contributed by atoms with Gasteiger partial charge in [0.05, 0.1) is 10.5 Å². The molecule has 1 saturated carbocycles. The lowest BCUT2D eigenvalue weighted by atomic mass is 9.75. The Hall–Kier alpha value is -1.62. The number of hydrogen-bond donors (Lipinski definition) is 3. The molecule has 0 aromatic heterocycles. The maximum Gasteiger partial charge on any atom is 0.252 e. The molecule has 1 aliphatic rings. The predicted molar refractivity (Wildman–Crippen MR) is 87.3 cm³/mol. The van der Waals surface area contributed by atoms with Crippen LogP contribution in [-0.2, 0) is 0 Å². The maximum absolute atomic E-state index is 12.4. The number of aromatic hydroxyl groups is 1. The summed E-state index contributed by atoms with van der Waals surface area (Å²) in [6.45, 7) is 2.18. The van der Waals surface area contributed by atoms with Crippen LogP contribution in [-0.4, -0.2) is 21.5 Å². The lowest BCUT2D eigenvalue weighted by molar-refractivity contribution is 0.0898. The summed E-state index contributed by atoms with van der Waals surface area (Å²) < 4.78 is 0. The molecule has 1 amide bonds. The van der Waals surface area contributed by atoms with Crippen molar-refractivity contribution in [3.63, 3.8) is 0 Å². The van der Waals surface area contributed by atoms with Crippen molar-refractivity contribution in [1.29, 1.82) is 0 Å². The molecule has 0 spiro atoms. The summed E-state index contributed by atoms with van der Waals surface area (Å²) in [5.74, 6) is 0.514. The lowest BCUT2D eigenvalue weighted by Gasteiger charge is -2.40. The van der Waals surface area contributed by atoms with Gasteiger partial charge in [-0.25, -0.2) is 0 Å². The Bertz CT molecular complexity index is 537. The van der Waals surface area contributed by atoms with Crippen molar-refractivity contribution < 1.29 is 9.90 Å². The van der Waals surface area contributed by atoms with Crippen molar-refractivity contribution >= 4 is 23.1 Å². The van der Waals surface area contributed by atoms with E-state index in [1.807, 2.05) is 0 Å². The molecule has 4 N–H and O–H groups in total. The largest absolute Gasteiger partial charge is 0.508 e. The fourth-order valence-corrected chi connectivity index (χ4v) is 3.20. The second-order valence-electron chi connectivity index (χ2n) is 5.80. The van der Waals surface area contributed by atoms with Gasteiger partial charge in [-0.3, -0.25) is 4.79 Å². The van der Waals surface area contributed by atoms with E-state index >= 15 is 0 Å². The molecule has 21 heavy (non-hydrogen) atoms. The van der Waals surface area contributed by atoms with Crippen LogP contribution in [0.3, 0.4) is 0 Å². The Labute approximate surface area is 130 Å². The smallest absolute Gasteiger partial charge is 0.252 e. The Morgan fingerprint density at radius 3 is 2.67 bits per heavy atom. The molecule has 1 aromatic rings. The minimum atomic E-state index is -0.594. The Morgan fingerprint density at radius 2 is 2.14 bits per heavy atom. The van der Waals surface area contributed by atoms with Gasteiger partial charge >= 0.3 is 0 Å². The zero-order valence-electron chi connectivity index (χ0n) is 12.3. The standard InChI is InChI=1S/C16H22N2O2S/c1-2-11-6-8-16(9-7-11,15(17)21)18-14(20)12-4-3-5-13(19)10-12/h3-5,10-11,19H,2,6-9H2,1H3,(H2,17,21)(H,18,20). The maximum atomic E-state index is 12.4. The molecule has 0 radical (unpaired) electrons. The summed E-state index contributed by atoms with van der Waals surface area (Å²) in [5, 5.41) is 12.5. The minimum Gasteiger partial charge on any atom is -0.508 e. The SMILES string of the molecule is CCC1CCC(NC(=O)c2cccc(O)c2)(C(N)=S)CC1. The van der Waals surface area contributed by atoms with Gasteiger partial charge in [0.2, 0.25) is 0 Å². The molecule has 0 aliphatic heterocycles. The van der Waals surface area contributed by atoms with Gasteiger partial charge in [-0.1, -0.05) is 31.6 Å². The van der Waals surface area contributed by atoms with Crippen LogP contribution in [0.2, 0.25) is 0 Å². The zero-order chi connectivity index (χ0) is 15.5. The van der Waals surface area contributed by atoms with Crippen molar-refractivity contribution in [2.75, 3.05) is 0 Å². The minimum absolute atomic E-state index is 0.0710. The summed E-state index contributed by atoms with van der Waals surface area (Å²) >= 11 is 5.21. The average Bonchev–Trinajstić information content (AvgIpc) is 2.47. The summed E-state index contributed by atoms with van der Waals surface area (Å²) in [4.78, 5) is 12.7. The molecule has 1 fully saturated rings. The summed E-state index contributed by atoms with van der Waals surface area (Å²) in [6.07, 6.45) is 4.76. The molecule has 0 saturated heterocycles. The second-order valence-corrected chi connectivity index (χ2v) is 6.24. The molecule has 0 unspecified atom stereocenters. The van der Waals surface area contributed by atoms with Crippen LogP contribution < -0.4 is 11.1 Å². The first-order valence-electron chi connectivity index (χ1n) is 7.38. The van der Waals surface area contributed by atoms with Crippen LogP contribution in [0.4, 0.5) is 0 Å². The molecule has 1 aromatic carbocycles. The number of nitrogens with one attached hydrogen (secondary N) is 1. The molecular formula is C16H22N2O2S. The first kappa shape index (κ1) is 15.8. The Balaban J connectivity index is 2.14. The number of phenols is 1. The van der Waals surface area contributed by atoms with E-state index in [9.17, 15) is 9.90 Å². The van der Waals surface area contributed by atoms with Gasteiger partial charge in [0.15, 0.2) is 0 Å². The van der Waals surface area contributed by atoms with E-state index in [0.717, 1.165) is 32.1 Å². The predicted octanol–water partition coefficient (Wildman–Crippen LogP) is 2.75. The van der Waals surface area contributed by atoms with Gasteiger partial charge in [-0.05, 0) is 49.8 Å². The molecule has 0 heterocycles. The molecule has 4 nitrogen and oxygen atoms in total. The van der Waals surface area contributed by atoms with Crippen LogP contribution in [0, 0.1) is 5.92 Å². The van der Waals surface area contributed by atoms with Gasteiger partial charge in [0.1, 0.15) is 5.75 Å². The number of carbonyl (C=O) groups excluding carboxylic acids is 1.